The molecular formula is C8H12Cl2N4. The highest BCUT2D eigenvalue weighted by atomic mass is 35.5. The predicted octanol–water partition coefficient (Wildman–Crippen LogP) is 2.47. The van der Waals surface area contributed by atoms with Crippen LogP contribution >= 0.6 is 23.2 Å². The number of halogens is 2. The average molecular weight is 235 g/mol. The van der Waals surface area contributed by atoms with Gasteiger partial charge in [0, 0.05) is 5.54 Å². The molecular weight excluding hydrogens is 223 g/mol. The lowest BCUT2D eigenvalue weighted by Crippen LogP contribution is -2.27. The first-order valence-electron chi connectivity index (χ1n) is 4.15. The molecule has 0 aromatic carbocycles. The largest absolute Gasteiger partial charge is 0.349 e. The molecule has 0 aliphatic heterocycles. The van der Waals surface area contributed by atoms with E-state index >= 15 is 0 Å². The Labute approximate surface area is 93.1 Å². The summed E-state index contributed by atoms with van der Waals surface area (Å²) in [6.07, 6.45) is 0. The van der Waals surface area contributed by atoms with Crippen molar-refractivity contribution < 1.29 is 0 Å². The van der Waals surface area contributed by atoms with Crippen molar-refractivity contribution in [2.75, 3.05) is 5.32 Å². The molecule has 0 aliphatic carbocycles. The molecule has 4 nitrogen and oxygen atoms in total. The smallest absolute Gasteiger partial charge is 0.227 e. The third-order valence-corrected chi connectivity index (χ3v) is 1.67. The quantitative estimate of drug-likeness (QED) is 0.800. The zero-order chi connectivity index (χ0) is 10.8. The van der Waals surface area contributed by atoms with Crippen LogP contribution in [0.25, 0.3) is 0 Å². The summed E-state index contributed by atoms with van der Waals surface area (Å²) in [4.78, 5) is 11.9. The van der Waals surface area contributed by atoms with E-state index in [1.807, 2.05) is 20.8 Å². The molecule has 6 heteroatoms. The fraction of sp³-hybridized carbons (Fsp3) is 0.625. The van der Waals surface area contributed by atoms with E-state index in [-0.39, 0.29) is 16.7 Å². The zero-order valence-electron chi connectivity index (χ0n) is 8.30. The first kappa shape index (κ1) is 11.5. The summed E-state index contributed by atoms with van der Waals surface area (Å²) in [6.45, 7) is 6.02. The van der Waals surface area contributed by atoms with Gasteiger partial charge in [-0.05, 0) is 32.4 Å². The van der Waals surface area contributed by atoms with Crippen molar-refractivity contribution in [3.8, 4) is 0 Å². The number of aromatic nitrogens is 3. The molecule has 1 aromatic heterocycles. The number of alkyl halides is 1. The summed E-state index contributed by atoms with van der Waals surface area (Å²) in [7, 11) is 0. The number of hydrogen-bond donors (Lipinski definition) is 1. The molecule has 0 bridgehead atoms. The van der Waals surface area contributed by atoms with Gasteiger partial charge in [0.05, 0.1) is 5.88 Å². The summed E-state index contributed by atoms with van der Waals surface area (Å²) in [5.74, 6) is 1.15. The van der Waals surface area contributed by atoms with Crippen LogP contribution < -0.4 is 5.32 Å². The van der Waals surface area contributed by atoms with Gasteiger partial charge in [0.2, 0.25) is 11.2 Å². The van der Waals surface area contributed by atoms with Crippen molar-refractivity contribution >= 4 is 29.2 Å². The SMILES string of the molecule is CC(C)(C)Nc1nc(Cl)nc(CCl)n1. The molecule has 0 saturated carbocycles. The summed E-state index contributed by atoms with van der Waals surface area (Å²) in [6, 6.07) is 0. The van der Waals surface area contributed by atoms with E-state index in [9.17, 15) is 0 Å². The molecule has 0 atom stereocenters. The van der Waals surface area contributed by atoms with Crippen LogP contribution in [0.2, 0.25) is 5.28 Å². The van der Waals surface area contributed by atoms with Gasteiger partial charge < -0.3 is 5.32 Å². The normalized spacial score (nSPS) is 11.5. The molecule has 1 rings (SSSR count). The minimum atomic E-state index is -0.117. The Morgan fingerprint density at radius 1 is 1.21 bits per heavy atom. The molecule has 1 N–H and O–H groups in total. The van der Waals surface area contributed by atoms with E-state index in [4.69, 9.17) is 23.2 Å². The van der Waals surface area contributed by atoms with Crippen molar-refractivity contribution in [3.63, 3.8) is 0 Å². The van der Waals surface area contributed by atoms with Gasteiger partial charge in [-0.25, -0.2) is 4.98 Å². The summed E-state index contributed by atoms with van der Waals surface area (Å²) < 4.78 is 0. The van der Waals surface area contributed by atoms with Crippen LogP contribution in [0.4, 0.5) is 5.95 Å². The molecule has 0 spiro atoms. The second kappa shape index (κ2) is 4.28. The first-order chi connectivity index (χ1) is 6.40. The Bertz CT molecular complexity index is 322. The zero-order valence-corrected chi connectivity index (χ0v) is 9.82. The van der Waals surface area contributed by atoms with Gasteiger partial charge >= 0.3 is 0 Å². The van der Waals surface area contributed by atoms with E-state index in [1.165, 1.54) is 0 Å². The van der Waals surface area contributed by atoms with Gasteiger partial charge in [-0.1, -0.05) is 0 Å². The van der Waals surface area contributed by atoms with E-state index < -0.39 is 0 Å². The van der Waals surface area contributed by atoms with E-state index in [0.717, 1.165) is 0 Å². The molecule has 0 amide bonds. The fourth-order valence-corrected chi connectivity index (χ4v) is 1.14. The lowest BCUT2D eigenvalue weighted by Gasteiger charge is -2.20. The van der Waals surface area contributed by atoms with Crippen molar-refractivity contribution in [2.45, 2.75) is 32.2 Å². The number of hydrogen-bond acceptors (Lipinski definition) is 4. The van der Waals surface area contributed by atoms with Gasteiger partial charge in [0.25, 0.3) is 0 Å². The van der Waals surface area contributed by atoms with Crippen LogP contribution in [0.3, 0.4) is 0 Å². The number of rotatable bonds is 2. The topological polar surface area (TPSA) is 50.7 Å². The maximum absolute atomic E-state index is 5.70. The Hall–Kier alpha value is -0.610. The molecule has 0 saturated heterocycles. The van der Waals surface area contributed by atoms with E-state index in [1.54, 1.807) is 0 Å². The molecule has 0 aliphatic rings. The fourth-order valence-electron chi connectivity index (χ4n) is 0.842. The Kier molecular flexibility index (Phi) is 3.50. The third kappa shape index (κ3) is 3.64. The minimum Gasteiger partial charge on any atom is -0.349 e. The Balaban J connectivity index is 2.92. The van der Waals surface area contributed by atoms with E-state index in [0.29, 0.717) is 11.8 Å². The Morgan fingerprint density at radius 2 is 1.86 bits per heavy atom. The number of nitrogens with zero attached hydrogens (tertiary/aromatic N) is 3. The van der Waals surface area contributed by atoms with Gasteiger partial charge in [-0.3, -0.25) is 0 Å². The van der Waals surface area contributed by atoms with Crippen LogP contribution in [-0.4, -0.2) is 20.5 Å². The monoisotopic (exact) mass is 234 g/mol. The lowest BCUT2D eigenvalue weighted by molar-refractivity contribution is 0.624. The van der Waals surface area contributed by atoms with Crippen LogP contribution in [0.1, 0.15) is 26.6 Å². The maximum atomic E-state index is 5.70. The highest BCUT2D eigenvalue weighted by molar-refractivity contribution is 6.28. The van der Waals surface area contributed by atoms with Crippen molar-refractivity contribution in [1.29, 1.82) is 0 Å². The van der Waals surface area contributed by atoms with Crippen LogP contribution in [-0.2, 0) is 5.88 Å². The van der Waals surface area contributed by atoms with Crippen molar-refractivity contribution in [1.82, 2.24) is 15.0 Å². The van der Waals surface area contributed by atoms with Gasteiger partial charge in [-0.2, -0.15) is 9.97 Å². The van der Waals surface area contributed by atoms with Gasteiger partial charge in [0.15, 0.2) is 5.82 Å². The molecule has 14 heavy (non-hydrogen) atoms. The van der Waals surface area contributed by atoms with Gasteiger partial charge in [-0.15, -0.1) is 11.6 Å². The van der Waals surface area contributed by atoms with Crippen molar-refractivity contribution in [2.24, 2.45) is 0 Å². The highest BCUT2D eigenvalue weighted by Crippen LogP contribution is 2.12. The van der Waals surface area contributed by atoms with Crippen molar-refractivity contribution in [3.05, 3.63) is 11.1 Å². The van der Waals surface area contributed by atoms with Crippen LogP contribution in [0, 0.1) is 0 Å². The second-order valence-electron chi connectivity index (χ2n) is 3.85. The summed E-state index contributed by atoms with van der Waals surface area (Å²) >= 11 is 11.3. The standard InChI is InChI=1S/C8H12Cl2N4/c1-8(2,3)14-7-12-5(4-9)11-6(10)13-7/h4H2,1-3H3,(H,11,12,13,14). The molecule has 0 unspecified atom stereocenters. The van der Waals surface area contributed by atoms with Gasteiger partial charge in [0.1, 0.15) is 0 Å². The second-order valence-corrected chi connectivity index (χ2v) is 4.46. The van der Waals surface area contributed by atoms with Crippen LogP contribution in [0.5, 0.6) is 0 Å². The minimum absolute atomic E-state index is 0.117. The number of anilines is 1. The summed E-state index contributed by atoms with van der Waals surface area (Å²) in [5.41, 5.74) is -0.117. The predicted molar refractivity (Wildman–Crippen MR) is 57.8 cm³/mol. The first-order valence-corrected chi connectivity index (χ1v) is 5.06. The molecule has 1 heterocycles. The van der Waals surface area contributed by atoms with E-state index in [2.05, 4.69) is 20.3 Å². The molecule has 1 aromatic rings. The maximum Gasteiger partial charge on any atom is 0.227 e. The molecule has 78 valence electrons. The number of nitrogens with one attached hydrogen (secondary N) is 1. The highest BCUT2D eigenvalue weighted by Gasteiger charge is 2.12. The average Bonchev–Trinajstić information content (AvgIpc) is 1.99. The Morgan fingerprint density at radius 3 is 2.36 bits per heavy atom. The third-order valence-electron chi connectivity index (χ3n) is 1.26. The lowest BCUT2D eigenvalue weighted by atomic mass is 10.1. The molecule has 0 fully saturated rings. The molecule has 0 radical (unpaired) electrons. The summed E-state index contributed by atoms with van der Waals surface area (Å²) in [5, 5.41) is 3.25. The van der Waals surface area contributed by atoms with Crippen LogP contribution in [0.15, 0.2) is 0 Å².